The van der Waals surface area contributed by atoms with Crippen LogP contribution in [0.25, 0.3) is 16.7 Å². The number of rotatable bonds is 6. The van der Waals surface area contributed by atoms with E-state index in [1.807, 2.05) is 0 Å². The molecule has 1 aromatic carbocycles. The second kappa shape index (κ2) is 8.78. The molecule has 0 atom stereocenters. The third-order valence-corrected chi connectivity index (χ3v) is 8.60. The van der Waals surface area contributed by atoms with Crippen LogP contribution in [0.5, 0.6) is 0 Å². The Labute approximate surface area is 217 Å². The van der Waals surface area contributed by atoms with Crippen LogP contribution in [-0.2, 0) is 13.6 Å². The lowest BCUT2D eigenvalue weighted by Gasteiger charge is -2.52. The Bertz CT molecular complexity index is 1630. The van der Waals surface area contributed by atoms with Gasteiger partial charge in [0.15, 0.2) is 17.0 Å². The van der Waals surface area contributed by atoms with Crippen molar-refractivity contribution in [1.29, 1.82) is 0 Å². The zero-order valence-corrected chi connectivity index (χ0v) is 21.3. The number of fused-ring (bicyclic) bond motifs is 5. The second-order valence-corrected chi connectivity index (χ2v) is 11.2. The summed E-state index contributed by atoms with van der Waals surface area (Å²) in [4.78, 5) is 42.1. The van der Waals surface area contributed by atoms with Crippen LogP contribution in [-0.4, -0.2) is 37.5 Å². The molecule has 3 saturated carbocycles. The van der Waals surface area contributed by atoms with Crippen LogP contribution in [0.1, 0.15) is 72.0 Å². The van der Waals surface area contributed by atoms with Crippen molar-refractivity contribution in [2.75, 3.05) is 6.54 Å². The van der Waals surface area contributed by atoms with Gasteiger partial charge < -0.3 is 15.1 Å². The number of carbonyl (C=O) groups excluding carboxylic acids is 2. The quantitative estimate of drug-likeness (QED) is 0.402. The molecule has 2 bridgehead atoms. The molecule has 11 heteroatoms. The number of hydrogen-bond donors (Lipinski definition) is 2. The highest BCUT2D eigenvalue weighted by Gasteiger charge is 2.46. The van der Waals surface area contributed by atoms with E-state index in [-0.39, 0.29) is 29.0 Å². The summed E-state index contributed by atoms with van der Waals surface area (Å²) in [5.74, 6) is -2.19. The molecule has 3 heterocycles. The van der Waals surface area contributed by atoms with Crippen molar-refractivity contribution in [3.8, 4) is 0 Å². The second-order valence-electron chi connectivity index (χ2n) is 11.2. The van der Waals surface area contributed by atoms with Crippen LogP contribution in [0.15, 0.2) is 39.7 Å². The highest BCUT2D eigenvalue weighted by molar-refractivity contribution is 5.98. The number of halogens is 1. The molecular weight excluding hydrogens is 491 g/mol. The predicted octanol–water partition coefficient (Wildman–Crippen LogP) is 3.33. The highest BCUT2D eigenvalue weighted by Crippen LogP contribution is 2.56. The Morgan fingerprint density at radius 3 is 2.55 bits per heavy atom. The molecule has 3 fully saturated rings. The van der Waals surface area contributed by atoms with Crippen LogP contribution in [0.3, 0.4) is 0 Å². The van der Waals surface area contributed by atoms with Crippen molar-refractivity contribution in [3.05, 3.63) is 63.8 Å². The number of nitrogens with zero attached hydrogens (tertiary/aromatic N) is 4. The molecule has 0 unspecified atom stereocenters. The minimum atomic E-state index is -0.725. The fourth-order valence-corrected chi connectivity index (χ4v) is 5.84. The number of amides is 2. The molecule has 10 nitrogen and oxygen atoms in total. The van der Waals surface area contributed by atoms with Gasteiger partial charge in [0, 0.05) is 26.2 Å². The van der Waals surface area contributed by atoms with E-state index in [2.05, 4.69) is 27.6 Å². The zero-order chi connectivity index (χ0) is 26.7. The fraction of sp³-hybridized carbons (Fsp3) is 0.444. The first kappa shape index (κ1) is 24.3. The number of aryl methyl sites for hydroxylation is 1. The maximum atomic E-state index is 14.5. The van der Waals surface area contributed by atoms with Gasteiger partial charge in [-0.05, 0) is 67.1 Å². The molecule has 38 heavy (non-hydrogen) atoms. The van der Waals surface area contributed by atoms with Gasteiger partial charge in [-0.25, -0.2) is 18.7 Å². The van der Waals surface area contributed by atoms with E-state index >= 15 is 0 Å². The number of nitrogens with one attached hydrogen (secondary N) is 2. The van der Waals surface area contributed by atoms with Crippen molar-refractivity contribution < 1.29 is 18.4 Å². The van der Waals surface area contributed by atoms with Crippen LogP contribution in [0, 0.1) is 16.6 Å². The standard InChI is InChI=1S/C27H29FN6O4/c1-26-5-8-27(9-6-26,10-7-26)15-30-24(36)20-12-18(32-22-17(28)14-31-34(20)22)23(35)29-13-16-3-4-21-19(11-16)33(2)25(37)38-21/h3-4,11-12,14H,5-10,13,15H2,1-2H3,(H,29,35)(H,30,36). The maximum Gasteiger partial charge on any atom is 0.419 e. The van der Waals surface area contributed by atoms with Gasteiger partial charge in [0.2, 0.25) is 0 Å². The summed E-state index contributed by atoms with van der Waals surface area (Å²) in [5.41, 5.74) is 2.06. The average molecular weight is 521 g/mol. The van der Waals surface area contributed by atoms with E-state index in [0.717, 1.165) is 35.5 Å². The van der Waals surface area contributed by atoms with E-state index in [4.69, 9.17) is 4.42 Å². The summed E-state index contributed by atoms with van der Waals surface area (Å²) >= 11 is 0. The number of aromatic nitrogens is 4. The average Bonchev–Trinajstić information content (AvgIpc) is 3.44. The molecule has 3 aliphatic carbocycles. The molecule has 4 aromatic rings. The molecule has 0 spiro atoms. The first-order chi connectivity index (χ1) is 18.2. The molecule has 3 aromatic heterocycles. The minimum absolute atomic E-state index is 0.0479. The summed E-state index contributed by atoms with van der Waals surface area (Å²) in [6.45, 7) is 3.01. The van der Waals surface area contributed by atoms with Crippen molar-refractivity contribution in [2.45, 2.75) is 52.0 Å². The molecular formula is C27H29FN6O4. The lowest BCUT2D eigenvalue weighted by molar-refractivity contribution is 0.00434. The van der Waals surface area contributed by atoms with E-state index in [9.17, 15) is 18.8 Å². The Hall–Kier alpha value is -4.02. The van der Waals surface area contributed by atoms with E-state index in [1.54, 1.807) is 25.2 Å². The first-order valence-electron chi connectivity index (χ1n) is 12.8. The third kappa shape index (κ3) is 4.15. The lowest BCUT2D eigenvalue weighted by atomic mass is 9.54. The van der Waals surface area contributed by atoms with Crippen molar-refractivity contribution in [3.63, 3.8) is 0 Å². The molecule has 2 N–H and O–H groups in total. The molecule has 7 rings (SSSR count). The topological polar surface area (TPSA) is 124 Å². The Morgan fingerprint density at radius 2 is 1.82 bits per heavy atom. The van der Waals surface area contributed by atoms with Gasteiger partial charge in [-0.2, -0.15) is 5.10 Å². The van der Waals surface area contributed by atoms with Gasteiger partial charge in [0.1, 0.15) is 11.4 Å². The Morgan fingerprint density at radius 1 is 1.08 bits per heavy atom. The van der Waals surface area contributed by atoms with Gasteiger partial charge >= 0.3 is 5.76 Å². The molecule has 2 amide bonds. The van der Waals surface area contributed by atoms with Crippen molar-refractivity contribution in [1.82, 2.24) is 29.8 Å². The molecule has 0 aliphatic heterocycles. The molecule has 0 saturated heterocycles. The molecule has 0 radical (unpaired) electrons. The highest BCUT2D eigenvalue weighted by atomic mass is 19.1. The van der Waals surface area contributed by atoms with Crippen LogP contribution in [0.4, 0.5) is 4.39 Å². The number of benzene rings is 1. The third-order valence-electron chi connectivity index (χ3n) is 8.60. The first-order valence-corrected chi connectivity index (χ1v) is 12.8. The summed E-state index contributed by atoms with van der Waals surface area (Å²) in [6, 6.07) is 6.47. The fourth-order valence-electron chi connectivity index (χ4n) is 5.84. The van der Waals surface area contributed by atoms with E-state index in [0.29, 0.717) is 23.1 Å². The Kier molecular flexibility index (Phi) is 5.62. The number of carbonyl (C=O) groups is 2. The Balaban J connectivity index is 1.21. The summed E-state index contributed by atoms with van der Waals surface area (Å²) in [6.07, 6.45) is 7.73. The van der Waals surface area contributed by atoms with Gasteiger partial charge in [0.25, 0.3) is 11.8 Å². The van der Waals surface area contributed by atoms with Crippen LogP contribution >= 0.6 is 0 Å². The van der Waals surface area contributed by atoms with Gasteiger partial charge in [-0.1, -0.05) is 13.0 Å². The summed E-state index contributed by atoms with van der Waals surface area (Å²) in [7, 11) is 1.60. The van der Waals surface area contributed by atoms with E-state index in [1.165, 1.54) is 29.9 Å². The maximum absolute atomic E-state index is 14.5. The summed E-state index contributed by atoms with van der Waals surface area (Å²) < 4.78 is 22.1. The normalized spacial score (nSPS) is 22.7. The predicted molar refractivity (Wildman–Crippen MR) is 136 cm³/mol. The monoisotopic (exact) mass is 520 g/mol. The van der Waals surface area contributed by atoms with Crippen molar-refractivity contribution in [2.24, 2.45) is 17.9 Å². The van der Waals surface area contributed by atoms with Gasteiger partial charge in [-0.15, -0.1) is 0 Å². The van der Waals surface area contributed by atoms with Gasteiger partial charge in [-0.3, -0.25) is 14.2 Å². The lowest BCUT2D eigenvalue weighted by Crippen LogP contribution is -2.46. The van der Waals surface area contributed by atoms with Gasteiger partial charge in [0.05, 0.1) is 11.7 Å². The number of hydrogen-bond acceptors (Lipinski definition) is 6. The SMILES string of the molecule is Cn1c(=O)oc2ccc(CNC(=O)c3cc(C(=O)NCC45CCC(C)(CC4)CC5)n4ncc(F)c4n3)cc21. The largest absolute Gasteiger partial charge is 0.419 e. The van der Waals surface area contributed by atoms with E-state index < -0.39 is 23.4 Å². The van der Waals surface area contributed by atoms with Crippen molar-refractivity contribution >= 4 is 28.6 Å². The molecule has 3 aliphatic rings. The molecule has 198 valence electrons. The van der Waals surface area contributed by atoms with Crippen LogP contribution in [0.2, 0.25) is 0 Å². The smallest absolute Gasteiger partial charge is 0.408 e. The van der Waals surface area contributed by atoms with Crippen LogP contribution < -0.4 is 16.4 Å². The number of oxazole rings is 1. The minimum Gasteiger partial charge on any atom is -0.408 e. The zero-order valence-electron chi connectivity index (χ0n) is 21.3. The summed E-state index contributed by atoms with van der Waals surface area (Å²) in [5, 5.41) is 9.75.